The van der Waals surface area contributed by atoms with Gasteiger partial charge in [-0.2, -0.15) is 4.68 Å². The summed E-state index contributed by atoms with van der Waals surface area (Å²) in [6.07, 6.45) is 2.60. The van der Waals surface area contributed by atoms with Crippen molar-refractivity contribution in [3.05, 3.63) is 80.6 Å². The van der Waals surface area contributed by atoms with Crippen molar-refractivity contribution in [1.29, 1.82) is 0 Å². The zero-order valence-electron chi connectivity index (χ0n) is 13.3. The van der Waals surface area contributed by atoms with Crippen LogP contribution in [0.1, 0.15) is 5.56 Å². The molecule has 0 amide bonds. The number of rotatable bonds is 5. The normalized spacial score (nSPS) is 10.9. The van der Waals surface area contributed by atoms with Gasteiger partial charge in [-0.25, -0.2) is 4.79 Å². The predicted octanol–water partition coefficient (Wildman–Crippen LogP) is 1.91. The zero-order chi connectivity index (χ0) is 18.5. The fraction of sp³-hybridized carbons (Fsp3) is 0.0588. The first-order valence-electron chi connectivity index (χ1n) is 7.46. The van der Waals surface area contributed by atoms with Gasteiger partial charge in [-0.05, 0) is 35.9 Å². The molecule has 1 aromatic heterocycles. The van der Waals surface area contributed by atoms with Crippen molar-refractivity contribution in [3.8, 4) is 0 Å². The molecule has 0 bridgehead atoms. The summed E-state index contributed by atoms with van der Waals surface area (Å²) in [4.78, 5) is 34.0. The summed E-state index contributed by atoms with van der Waals surface area (Å²) in [6, 6.07) is 12.4. The molecule has 0 saturated carbocycles. The third-order valence-electron chi connectivity index (χ3n) is 3.47. The van der Waals surface area contributed by atoms with E-state index in [0.29, 0.717) is 16.5 Å². The molecule has 26 heavy (non-hydrogen) atoms. The molecule has 0 N–H and O–H groups in total. The molecule has 1 heterocycles. The Labute approximate surface area is 146 Å². The van der Waals surface area contributed by atoms with Crippen LogP contribution in [0.25, 0.3) is 17.0 Å². The molecule has 3 aromatic rings. The van der Waals surface area contributed by atoms with Crippen LogP contribution in [0, 0.1) is 10.1 Å². The Bertz CT molecular complexity index is 1060. The van der Waals surface area contributed by atoms with Gasteiger partial charge in [0.25, 0.3) is 11.2 Å². The Morgan fingerprint density at radius 2 is 1.92 bits per heavy atom. The number of carbonyl (C=O) groups is 1. The molecular weight excluding hydrogens is 340 g/mol. The van der Waals surface area contributed by atoms with Gasteiger partial charge in [0.15, 0.2) is 6.73 Å². The molecule has 0 atom stereocenters. The van der Waals surface area contributed by atoms with Gasteiger partial charge < -0.3 is 4.74 Å². The maximum atomic E-state index is 12.2. The van der Waals surface area contributed by atoms with E-state index in [4.69, 9.17) is 4.74 Å². The third kappa shape index (κ3) is 3.78. The lowest BCUT2D eigenvalue weighted by Gasteiger charge is -2.04. The van der Waals surface area contributed by atoms with Crippen LogP contribution in [0.2, 0.25) is 0 Å². The summed E-state index contributed by atoms with van der Waals surface area (Å²) < 4.78 is 5.91. The maximum absolute atomic E-state index is 12.2. The number of nitro groups is 1. The second-order valence-electron chi connectivity index (χ2n) is 5.19. The SMILES string of the molecule is O=C(/C=C/c1ccc([N+](=O)[O-])cc1)OCn1nnc2ccccc2c1=O. The highest BCUT2D eigenvalue weighted by atomic mass is 16.6. The molecule has 9 heteroatoms. The van der Waals surface area contributed by atoms with Gasteiger partial charge >= 0.3 is 5.97 Å². The molecular formula is C17H12N4O5. The number of nitro benzene ring substituents is 1. The lowest BCUT2D eigenvalue weighted by atomic mass is 10.2. The van der Waals surface area contributed by atoms with Gasteiger partial charge in [0.1, 0.15) is 5.52 Å². The number of fused-ring (bicyclic) bond motifs is 1. The first-order valence-corrected chi connectivity index (χ1v) is 7.46. The molecule has 130 valence electrons. The summed E-state index contributed by atoms with van der Waals surface area (Å²) in [5, 5.41) is 18.6. The first kappa shape index (κ1) is 17.0. The Hall–Kier alpha value is -3.88. The Kier molecular flexibility index (Phi) is 4.79. The van der Waals surface area contributed by atoms with Crippen LogP contribution in [0.5, 0.6) is 0 Å². The largest absolute Gasteiger partial charge is 0.439 e. The quantitative estimate of drug-likeness (QED) is 0.298. The summed E-state index contributed by atoms with van der Waals surface area (Å²) in [5.41, 5.74) is 0.593. The van der Waals surface area contributed by atoms with E-state index in [1.165, 1.54) is 30.3 Å². The van der Waals surface area contributed by atoms with Crippen LogP contribution in [-0.2, 0) is 16.3 Å². The highest BCUT2D eigenvalue weighted by Crippen LogP contribution is 2.12. The average Bonchev–Trinajstić information content (AvgIpc) is 2.66. The Morgan fingerprint density at radius 3 is 2.65 bits per heavy atom. The fourth-order valence-corrected chi connectivity index (χ4v) is 2.15. The van der Waals surface area contributed by atoms with Crippen molar-refractivity contribution in [2.45, 2.75) is 6.73 Å². The van der Waals surface area contributed by atoms with Gasteiger partial charge in [0, 0.05) is 18.2 Å². The summed E-state index contributed by atoms with van der Waals surface area (Å²) >= 11 is 0. The highest BCUT2D eigenvalue weighted by molar-refractivity contribution is 5.87. The van der Waals surface area contributed by atoms with Crippen molar-refractivity contribution in [2.75, 3.05) is 0 Å². The minimum Gasteiger partial charge on any atom is -0.439 e. The summed E-state index contributed by atoms with van der Waals surface area (Å²) in [6.45, 7) is -0.375. The molecule has 3 rings (SSSR count). The lowest BCUT2D eigenvalue weighted by Crippen LogP contribution is -2.26. The molecule has 0 saturated heterocycles. The van der Waals surface area contributed by atoms with Crippen molar-refractivity contribution in [3.63, 3.8) is 0 Å². The molecule has 0 spiro atoms. The van der Waals surface area contributed by atoms with E-state index in [1.807, 2.05) is 0 Å². The monoisotopic (exact) mass is 352 g/mol. The third-order valence-corrected chi connectivity index (χ3v) is 3.47. The number of nitrogens with zero attached hydrogens (tertiary/aromatic N) is 4. The van der Waals surface area contributed by atoms with Crippen molar-refractivity contribution in [2.24, 2.45) is 0 Å². The van der Waals surface area contributed by atoms with Gasteiger partial charge in [-0.3, -0.25) is 14.9 Å². The van der Waals surface area contributed by atoms with Gasteiger partial charge in [0.2, 0.25) is 0 Å². The van der Waals surface area contributed by atoms with E-state index in [9.17, 15) is 19.7 Å². The fourth-order valence-electron chi connectivity index (χ4n) is 2.15. The van der Waals surface area contributed by atoms with Crippen LogP contribution in [-0.4, -0.2) is 25.9 Å². The molecule has 0 aliphatic carbocycles. The highest BCUT2D eigenvalue weighted by Gasteiger charge is 2.07. The number of aromatic nitrogens is 3. The number of hydrogen-bond donors (Lipinski definition) is 0. The molecule has 0 fully saturated rings. The molecule has 0 aliphatic heterocycles. The number of hydrogen-bond acceptors (Lipinski definition) is 7. The summed E-state index contributed by atoms with van der Waals surface area (Å²) in [5.74, 6) is -0.690. The van der Waals surface area contributed by atoms with E-state index in [1.54, 1.807) is 24.3 Å². The molecule has 0 radical (unpaired) electrons. The van der Waals surface area contributed by atoms with Crippen molar-refractivity contribution in [1.82, 2.24) is 15.0 Å². The van der Waals surface area contributed by atoms with Crippen LogP contribution in [0.15, 0.2) is 59.4 Å². The van der Waals surface area contributed by atoms with Crippen LogP contribution in [0.3, 0.4) is 0 Å². The molecule has 0 aliphatic rings. The zero-order valence-corrected chi connectivity index (χ0v) is 13.3. The predicted molar refractivity (Wildman–Crippen MR) is 92.0 cm³/mol. The van der Waals surface area contributed by atoms with Gasteiger partial charge in [-0.15, -0.1) is 5.10 Å². The lowest BCUT2D eigenvalue weighted by molar-refractivity contribution is -0.384. The van der Waals surface area contributed by atoms with Crippen molar-refractivity contribution >= 4 is 28.6 Å². The van der Waals surface area contributed by atoms with E-state index in [0.717, 1.165) is 10.8 Å². The number of carbonyl (C=O) groups excluding carboxylic acids is 1. The second-order valence-corrected chi connectivity index (χ2v) is 5.19. The van der Waals surface area contributed by atoms with Crippen LogP contribution in [0.4, 0.5) is 5.69 Å². The van der Waals surface area contributed by atoms with E-state index >= 15 is 0 Å². The molecule has 0 unspecified atom stereocenters. The Balaban J connectivity index is 1.64. The van der Waals surface area contributed by atoms with E-state index in [2.05, 4.69) is 10.3 Å². The van der Waals surface area contributed by atoms with E-state index in [-0.39, 0.29) is 12.4 Å². The smallest absolute Gasteiger partial charge is 0.332 e. The van der Waals surface area contributed by atoms with Crippen molar-refractivity contribution < 1.29 is 14.5 Å². The first-order chi connectivity index (χ1) is 12.5. The molecule has 2 aromatic carbocycles. The topological polar surface area (TPSA) is 117 Å². The number of esters is 1. The Morgan fingerprint density at radius 1 is 1.19 bits per heavy atom. The molecule has 9 nitrogen and oxygen atoms in total. The maximum Gasteiger partial charge on any atom is 0.332 e. The minimum atomic E-state index is -0.690. The standard InChI is InChI=1S/C17H12N4O5/c22-16(10-7-12-5-8-13(9-6-12)21(24)25)26-11-20-17(23)14-3-1-2-4-15(14)18-19-20/h1-10H,11H2/b10-7+. The number of non-ortho nitro benzene ring substituents is 1. The number of ether oxygens (including phenoxy) is 1. The number of benzene rings is 2. The second kappa shape index (κ2) is 7.34. The van der Waals surface area contributed by atoms with Crippen LogP contribution < -0.4 is 5.56 Å². The summed E-state index contributed by atoms with van der Waals surface area (Å²) in [7, 11) is 0. The average molecular weight is 352 g/mol. The van der Waals surface area contributed by atoms with Gasteiger partial charge in [0.05, 0.1) is 10.3 Å². The minimum absolute atomic E-state index is 0.0426. The van der Waals surface area contributed by atoms with E-state index < -0.39 is 16.5 Å². The van der Waals surface area contributed by atoms with Crippen LogP contribution >= 0.6 is 0 Å². The van der Waals surface area contributed by atoms with Gasteiger partial charge in [-0.1, -0.05) is 17.3 Å².